The summed E-state index contributed by atoms with van der Waals surface area (Å²) in [4.78, 5) is 41.6. The van der Waals surface area contributed by atoms with E-state index in [-0.39, 0.29) is 17.9 Å². The molecule has 0 radical (unpaired) electrons. The van der Waals surface area contributed by atoms with Crippen LogP contribution in [0.4, 0.5) is 0 Å². The van der Waals surface area contributed by atoms with Gasteiger partial charge in [0, 0.05) is 69.6 Å². The molecule has 2 aromatic heterocycles. The van der Waals surface area contributed by atoms with Gasteiger partial charge in [-0.2, -0.15) is 0 Å². The average Bonchev–Trinajstić information content (AvgIpc) is 3.65. The van der Waals surface area contributed by atoms with Gasteiger partial charge >= 0.3 is 0 Å². The van der Waals surface area contributed by atoms with Crippen molar-refractivity contribution in [2.45, 2.75) is 38.8 Å². The van der Waals surface area contributed by atoms with Gasteiger partial charge in [0.05, 0.1) is 24.5 Å². The second kappa shape index (κ2) is 11.4. The number of nitrogens with zero attached hydrogens (tertiary/aromatic N) is 4. The van der Waals surface area contributed by atoms with Crippen molar-refractivity contribution in [3.63, 3.8) is 0 Å². The fourth-order valence-electron chi connectivity index (χ4n) is 5.83. The van der Waals surface area contributed by atoms with Crippen LogP contribution >= 0.6 is 0 Å². The summed E-state index contributed by atoms with van der Waals surface area (Å²) in [6.07, 6.45) is 6.10. The van der Waals surface area contributed by atoms with E-state index in [0.29, 0.717) is 18.6 Å². The number of carbonyl (C=O) groups is 2. The van der Waals surface area contributed by atoms with Gasteiger partial charge in [-0.25, -0.2) is 9.97 Å². The summed E-state index contributed by atoms with van der Waals surface area (Å²) in [6, 6.07) is 12.2. The Balaban J connectivity index is 1.21. The second-order valence-corrected chi connectivity index (χ2v) is 11.3. The molecule has 2 aromatic carbocycles. The molecule has 0 saturated carbocycles. The van der Waals surface area contributed by atoms with Crippen molar-refractivity contribution in [2.24, 2.45) is 0 Å². The van der Waals surface area contributed by atoms with Crippen LogP contribution in [0.3, 0.4) is 0 Å². The standard InChI is InChI=1S/C32H36N6O3/c1-20-14-23(15-24-18-38(11-8-26(20)24)12-9-29(39)35-25-10-13-41-19-25)28-17-34-31-30(36-28)27(16-33-31)21-4-6-22(7-5-21)32(40)37(2)3/h4-7,14-17,25H,8-13,18-19H2,1-3H3,(H,33,34)(H,35,39)/t25-/m1/s1. The molecule has 1 atom stereocenters. The molecule has 4 heterocycles. The van der Waals surface area contributed by atoms with Crippen molar-refractivity contribution >= 4 is 23.0 Å². The van der Waals surface area contributed by atoms with Gasteiger partial charge in [-0.3, -0.25) is 14.5 Å². The van der Waals surface area contributed by atoms with E-state index in [4.69, 9.17) is 9.72 Å². The topological polar surface area (TPSA) is 103 Å². The third-order valence-electron chi connectivity index (χ3n) is 8.11. The Morgan fingerprint density at radius 1 is 1.17 bits per heavy atom. The molecule has 4 aromatic rings. The van der Waals surface area contributed by atoms with E-state index in [2.05, 4.69) is 39.2 Å². The van der Waals surface area contributed by atoms with E-state index in [1.165, 1.54) is 16.7 Å². The number of fused-ring (bicyclic) bond motifs is 2. The molecule has 1 fully saturated rings. The Morgan fingerprint density at radius 3 is 2.76 bits per heavy atom. The van der Waals surface area contributed by atoms with Crippen molar-refractivity contribution in [1.29, 1.82) is 0 Å². The van der Waals surface area contributed by atoms with Gasteiger partial charge in [0.25, 0.3) is 5.91 Å². The lowest BCUT2D eigenvalue weighted by Gasteiger charge is -2.30. The lowest BCUT2D eigenvalue weighted by atomic mass is 9.92. The van der Waals surface area contributed by atoms with Crippen LogP contribution in [0.15, 0.2) is 48.8 Å². The van der Waals surface area contributed by atoms with Crippen molar-refractivity contribution in [3.05, 3.63) is 71.0 Å². The first-order chi connectivity index (χ1) is 19.9. The number of aromatic nitrogens is 3. The maximum Gasteiger partial charge on any atom is 0.253 e. The highest BCUT2D eigenvalue weighted by Crippen LogP contribution is 2.32. The van der Waals surface area contributed by atoms with Crippen LogP contribution < -0.4 is 5.32 Å². The maximum atomic E-state index is 12.4. The first-order valence-corrected chi connectivity index (χ1v) is 14.2. The highest BCUT2D eigenvalue weighted by molar-refractivity contribution is 5.96. The molecular weight excluding hydrogens is 516 g/mol. The monoisotopic (exact) mass is 552 g/mol. The fraction of sp³-hybridized carbons (Fsp3) is 0.375. The van der Waals surface area contributed by atoms with Crippen LogP contribution in [0, 0.1) is 6.92 Å². The SMILES string of the molecule is Cc1cc(-c2cnc3[nH]cc(-c4ccc(C(=O)N(C)C)cc4)c3n2)cc2c1CCN(CCC(=O)N[C@@H]1CCOC1)C2. The molecule has 9 heteroatoms. The number of hydrogen-bond acceptors (Lipinski definition) is 6. The van der Waals surface area contributed by atoms with Crippen molar-refractivity contribution in [2.75, 3.05) is 40.4 Å². The Hall–Kier alpha value is -4.08. The zero-order chi connectivity index (χ0) is 28.5. The predicted molar refractivity (Wildman–Crippen MR) is 158 cm³/mol. The highest BCUT2D eigenvalue weighted by atomic mass is 16.5. The molecule has 41 heavy (non-hydrogen) atoms. The van der Waals surface area contributed by atoms with Gasteiger partial charge < -0.3 is 19.9 Å². The minimum atomic E-state index is -0.0265. The highest BCUT2D eigenvalue weighted by Gasteiger charge is 2.22. The molecule has 0 aliphatic carbocycles. The molecule has 2 amide bonds. The summed E-state index contributed by atoms with van der Waals surface area (Å²) < 4.78 is 5.37. The molecule has 1 saturated heterocycles. The maximum absolute atomic E-state index is 12.4. The van der Waals surface area contributed by atoms with E-state index < -0.39 is 0 Å². The van der Waals surface area contributed by atoms with Gasteiger partial charge in [0.2, 0.25) is 5.91 Å². The third kappa shape index (κ3) is 5.73. The van der Waals surface area contributed by atoms with Crippen LogP contribution in [-0.4, -0.2) is 83.0 Å². The Morgan fingerprint density at radius 2 is 2.00 bits per heavy atom. The molecule has 9 nitrogen and oxygen atoms in total. The van der Waals surface area contributed by atoms with Crippen LogP contribution in [0.5, 0.6) is 0 Å². The number of ether oxygens (including phenoxy) is 1. The Kier molecular flexibility index (Phi) is 7.55. The molecule has 2 aliphatic rings. The van der Waals surface area contributed by atoms with Gasteiger partial charge in [0.15, 0.2) is 5.65 Å². The molecule has 2 N–H and O–H groups in total. The van der Waals surface area contributed by atoms with Gasteiger partial charge in [0.1, 0.15) is 5.52 Å². The number of amides is 2. The number of aryl methyl sites for hydroxylation is 1. The van der Waals surface area contributed by atoms with Gasteiger partial charge in [-0.15, -0.1) is 0 Å². The summed E-state index contributed by atoms with van der Waals surface area (Å²) in [5.41, 5.74) is 9.87. The van der Waals surface area contributed by atoms with E-state index in [1.807, 2.05) is 36.7 Å². The lowest BCUT2D eigenvalue weighted by Crippen LogP contribution is -2.38. The van der Waals surface area contributed by atoms with E-state index in [1.54, 1.807) is 19.0 Å². The second-order valence-electron chi connectivity index (χ2n) is 11.3. The van der Waals surface area contributed by atoms with E-state index in [9.17, 15) is 9.59 Å². The van der Waals surface area contributed by atoms with Crippen LogP contribution in [-0.2, 0) is 22.5 Å². The van der Waals surface area contributed by atoms with Crippen molar-refractivity contribution in [3.8, 4) is 22.4 Å². The molecule has 0 spiro atoms. The number of benzene rings is 2. The summed E-state index contributed by atoms with van der Waals surface area (Å²) in [5, 5.41) is 3.09. The summed E-state index contributed by atoms with van der Waals surface area (Å²) in [6.45, 7) is 6.01. The van der Waals surface area contributed by atoms with Crippen LogP contribution in [0.25, 0.3) is 33.5 Å². The first-order valence-electron chi connectivity index (χ1n) is 14.2. The largest absolute Gasteiger partial charge is 0.379 e. The normalized spacial score (nSPS) is 17.0. The number of H-pyrrole nitrogens is 1. The van der Waals surface area contributed by atoms with E-state index >= 15 is 0 Å². The zero-order valence-corrected chi connectivity index (χ0v) is 23.9. The number of rotatable bonds is 7. The predicted octanol–water partition coefficient (Wildman–Crippen LogP) is 3.96. The van der Waals surface area contributed by atoms with Crippen molar-refractivity contribution < 1.29 is 14.3 Å². The molecular formula is C32H36N6O3. The molecule has 2 aliphatic heterocycles. The van der Waals surface area contributed by atoms with E-state index in [0.717, 1.165) is 72.6 Å². The van der Waals surface area contributed by atoms with Gasteiger partial charge in [-0.1, -0.05) is 12.1 Å². The molecule has 6 rings (SSSR count). The van der Waals surface area contributed by atoms with Crippen LogP contribution in [0.1, 0.15) is 39.9 Å². The first kappa shape index (κ1) is 27.1. The molecule has 0 bridgehead atoms. The molecule has 0 unspecified atom stereocenters. The summed E-state index contributed by atoms with van der Waals surface area (Å²) >= 11 is 0. The number of hydrogen-bond donors (Lipinski definition) is 2. The lowest BCUT2D eigenvalue weighted by molar-refractivity contribution is -0.122. The summed E-state index contributed by atoms with van der Waals surface area (Å²) in [5.74, 6) is 0.0717. The van der Waals surface area contributed by atoms with Crippen LogP contribution in [0.2, 0.25) is 0 Å². The zero-order valence-electron chi connectivity index (χ0n) is 23.9. The minimum absolute atomic E-state index is 0.0265. The average molecular weight is 553 g/mol. The number of carbonyl (C=O) groups excluding carboxylic acids is 2. The Bertz CT molecular complexity index is 1590. The summed E-state index contributed by atoms with van der Waals surface area (Å²) in [7, 11) is 3.50. The number of aromatic amines is 1. The fourth-order valence-corrected chi connectivity index (χ4v) is 5.83. The number of nitrogens with one attached hydrogen (secondary N) is 2. The quantitative estimate of drug-likeness (QED) is 0.360. The smallest absolute Gasteiger partial charge is 0.253 e. The van der Waals surface area contributed by atoms with Crippen molar-refractivity contribution in [1.82, 2.24) is 30.1 Å². The molecule has 212 valence electrons. The minimum Gasteiger partial charge on any atom is -0.379 e. The Labute approximate surface area is 239 Å². The van der Waals surface area contributed by atoms with Gasteiger partial charge in [-0.05, 0) is 66.3 Å². The third-order valence-corrected chi connectivity index (χ3v) is 8.11.